The number of hydrogen-bond acceptors (Lipinski definition) is 6. The van der Waals surface area contributed by atoms with E-state index in [-0.39, 0.29) is 48.2 Å². The minimum absolute atomic E-state index is 0.0324. The summed E-state index contributed by atoms with van der Waals surface area (Å²) in [6, 6.07) is 3.74. The van der Waals surface area contributed by atoms with Crippen molar-refractivity contribution in [3.8, 4) is 5.75 Å². The number of rotatable bonds is 4. The van der Waals surface area contributed by atoms with Crippen LogP contribution in [0.25, 0.3) is 0 Å². The molecular formula is C19H28F3N3O5S. The summed E-state index contributed by atoms with van der Waals surface area (Å²) >= 11 is 0. The highest BCUT2D eigenvalue weighted by Gasteiger charge is 2.35. The first-order chi connectivity index (χ1) is 14.3. The molecule has 1 aliphatic heterocycles. The Morgan fingerprint density at radius 1 is 1.32 bits per heavy atom. The highest BCUT2D eigenvalue weighted by molar-refractivity contribution is 7.92. The summed E-state index contributed by atoms with van der Waals surface area (Å²) in [5.41, 5.74) is -0.131. The van der Waals surface area contributed by atoms with Crippen LogP contribution in [-0.4, -0.2) is 77.2 Å². The second kappa shape index (κ2) is 10.0. The number of amides is 1. The number of methoxy groups -OCH3 is 1. The number of ether oxygens (including phenoxy) is 2. The van der Waals surface area contributed by atoms with Gasteiger partial charge < -0.3 is 19.7 Å². The molecule has 0 spiro atoms. The Kier molecular flexibility index (Phi) is 8.17. The number of halogens is 3. The van der Waals surface area contributed by atoms with Gasteiger partial charge in [-0.05, 0) is 31.0 Å². The molecule has 176 valence electrons. The monoisotopic (exact) mass is 467 g/mol. The standard InChI is InChI=1S/C19H28F3N3O5S/c1-12-8-23-13(2)10-30-16-6-5-14(24-31(27,28)11-19(20,21)22)7-15(16)18(26)25(3)9-17(12)29-4/h5-7,12-13,17,23-24H,8-11H2,1-4H3/t12-,13-,17+/m1/s1. The number of alkyl halides is 3. The molecule has 1 aromatic carbocycles. The number of sulfonamides is 1. The fourth-order valence-corrected chi connectivity index (χ4v) is 4.14. The molecule has 0 saturated heterocycles. The zero-order valence-electron chi connectivity index (χ0n) is 17.8. The molecule has 0 saturated carbocycles. The Balaban J connectivity index is 2.37. The van der Waals surface area contributed by atoms with Crippen molar-refractivity contribution in [3.05, 3.63) is 23.8 Å². The SMILES string of the molecule is CO[C@H]1CN(C)C(=O)c2cc(NS(=O)(=O)CC(F)(F)F)ccc2OC[C@@H](C)NC[C@H]1C. The molecule has 0 bridgehead atoms. The van der Waals surface area contributed by atoms with Gasteiger partial charge in [0, 0.05) is 39.0 Å². The van der Waals surface area contributed by atoms with Crippen LogP contribution in [0, 0.1) is 5.92 Å². The van der Waals surface area contributed by atoms with Gasteiger partial charge in [-0.1, -0.05) is 6.92 Å². The van der Waals surface area contributed by atoms with E-state index in [2.05, 4.69) is 5.32 Å². The number of fused-ring (bicyclic) bond motifs is 1. The lowest BCUT2D eigenvalue weighted by molar-refractivity contribution is -0.106. The Morgan fingerprint density at radius 2 is 2.00 bits per heavy atom. The van der Waals surface area contributed by atoms with Gasteiger partial charge in [-0.3, -0.25) is 9.52 Å². The van der Waals surface area contributed by atoms with Crippen LogP contribution in [0.5, 0.6) is 5.75 Å². The summed E-state index contributed by atoms with van der Waals surface area (Å²) in [6.45, 7) is 5.04. The van der Waals surface area contributed by atoms with Crippen molar-refractivity contribution in [2.45, 2.75) is 32.2 Å². The zero-order valence-corrected chi connectivity index (χ0v) is 18.6. The van der Waals surface area contributed by atoms with E-state index in [0.29, 0.717) is 6.54 Å². The van der Waals surface area contributed by atoms with Crippen LogP contribution in [0.2, 0.25) is 0 Å². The van der Waals surface area contributed by atoms with Gasteiger partial charge in [0.15, 0.2) is 5.75 Å². The number of hydrogen-bond donors (Lipinski definition) is 2. The van der Waals surface area contributed by atoms with Crippen LogP contribution in [-0.2, 0) is 14.8 Å². The molecule has 8 nitrogen and oxygen atoms in total. The summed E-state index contributed by atoms with van der Waals surface area (Å²) in [6.07, 6.45) is -5.15. The van der Waals surface area contributed by atoms with Gasteiger partial charge >= 0.3 is 6.18 Å². The zero-order chi connectivity index (χ0) is 23.4. The third kappa shape index (κ3) is 7.54. The van der Waals surface area contributed by atoms with Crippen LogP contribution in [0.4, 0.5) is 18.9 Å². The van der Waals surface area contributed by atoms with Crippen molar-refractivity contribution in [2.24, 2.45) is 5.92 Å². The molecule has 0 radical (unpaired) electrons. The fourth-order valence-electron chi connectivity index (χ4n) is 3.16. The Morgan fingerprint density at radius 3 is 2.61 bits per heavy atom. The highest BCUT2D eigenvalue weighted by atomic mass is 32.2. The van der Waals surface area contributed by atoms with E-state index in [0.717, 1.165) is 0 Å². The maximum atomic E-state index is 13.1. The van der Waals surface area contributed by atoms with E-state index in [4.69, 9.17) is 9.47 Å². The third-order valence-corrected chi connectivity index (χ3v) is 6.11. The Bertz CT molecular complexity index is 879. The highest BCUT2D eigenvalue weighted by Crippen LogP contribution is 2.27. The Hall–Kier alpha value is -2.05. The molecule has 3 atom stereocenters. The number of nitrogens with one attached hydrogen (secondary N) is 2. The predicted molar refractivity (Wildman–Crippen MR) is 110 cm³/mol. The fraction of sp³-hybridized carbons (Fsp3) is 0.632. The normalized spacial score (nSPS) is 23.9. The first kappa shape index (κ1) is 25.2. The molecule has 1 aliphatic rings. The van der Waals surface area contributed by atoms with Crippen LogP contribution in [0.3, 0.4) is 0 Å². The molecular weight excluding hydrogens is 439 g/mol. The predicted octanol–water partition coefficient (Wildman–Crippen LogP) is 2.08. The maximum absolute atomic E-state index is 13.1. The number of benzene rings is 1. The van der Waals surface area contributed by atoms with Crippen molar-refractivity contribution in [1.82, 2.24) is 10.2 Å². The number of likely N-dealkylation sites (N-methyl/N-ethyl adjacent to an activating group) is 1. The van der Waals surface area contributed by atoms with Gasteiger partial charge in [-0.15, -0.1) is 0 Å². The van der Waals surface area contributed by atoms with Crippen LogP contribution in [0.1, 0.15) is 24.2 Å². The maximum Gasteiger partial charge on any atom is 0.404 e. The van der Waals surface area contributed by atoms with Gasteiger partial charge in [-0.25, -0.2) is 8.42 Å². The minimum atomic E-state index is -4.89. The van der Waals surface area contributed by atoms with Crippen LogP contribution >= 0.6 is 0 Å². The smallest absolute Gasteiger partial charge is 0.404 e. The quantitative estimate of drug-likeness (QED) is 0.704. The molecule has 0 fully saturated rings. The first-order valence-corrected chi connectivity index (χ1v) is 11.3. The molecule has 0 unspecified atom stereocenters. The number of carbonyl (C=O) groups is 1. The van der Waals surface area contributed by atoms with Crippen molar-refractivity contribution in [3.63, 3.8) is 0 Å². The summed E-state index contributed by atoms with van der Waals surface area (Å²) in [7, 11) is -1.57. The summed E-state index contributed by atoms with van der Waals surface area (Å²) < 4.78 is 74.3. The number of nitrogens with zero attached hydrogens (tertiary/aromatic N) is 1. The summed E-state index contributed by atoms with van der Waals surface area (Å²) in [5, 5.41) is 3.33. The van der Waals surface area contributed by atoms with Gasteiger partial charge in [0.05, 0.1) is 11.7 Å². The van der Waals surface area contributed by atoms with Gasteiger partial charge in [0.1, 0.15) is 12.4 Å². The average molecular weight is 468 g/mol. The third-order valence-electron chi connectivity index (χ3n) is 4.85. The molecule has 2 N–H and O–H groups in total. The minimum Gasteiger partial charge on any atom is -0.491 e. The van der Waals surface area contributed by atoms with Gasteiger partial charge in [0.25, 0.3) is 5.91 Å². The van der Waals surface area contributed by atoms with E-state index in [1.54, 1.807) is 14.2 Å². The van der Waals surface area contributed by atoms with E-state index in [1.165, 1.54) is 23.1 Å². The molecule has 31 heavy (non-hydrogen) atoms. The molecule has 1 aromatic rings. The second-order valence-corrected chi connectivity index (χ2v) is 9.47. The average Bonchev–Trinajstić information content (AvgIpc) is 2.65. The van der Waals surface area contributed by atoms with Crippen molar-refractivity contribution in [2.75, 3.05) is 44.3 Å². The van der Waals surface area contributed by atoms with Gasteiger partial charge in [0.2, 0.25) is 10.0 Å². The second-order valence-electron chi connectivity index (χ2n) is 7.74. The van der Waals surface area contributed by atoms with Crippen molar-refractivity contribution in [1.29, 1.82) is 0 Å². The number of carbonyl (C=O) groups excluding carboxylic acids is 1. The molecule has 0 aliphatic carbocycles. The van der Waals surface area contributed by atoms with Crippen molar-refractivity contribution < 1.29 is 35.9 Å². The first-order valence-electron chi connectivity index (χ1n) is 9.67. The van der Waals surface area contributed by atoms with E-state index < -0.39 is 27.9 Å². The molecule has 1 amide bonds. The molecule has 12 heteroatoms. The lowest BCUT2D eigenvalue weighted by Gasteiger charge is -2.30. The Labute approximate surface area is 180 Å². The molecule has 0 aromatic heterocycles. The van der Waals surface area contributed by atoms with Crippen LogP contribution in [0.15, 0.2) is 18.2 Å². The molecule has 2 rings (SSSR count). The van der Waals surface area contributed by atoms with E-state index in [1.807, 2.05) is 18.6 Å². The van der Waals surface area contributed by atoms with E-state index in [9.17, 15) is 26.4 Å². The summed E-state index contributed by atoms with van der Waals surface area (Å²) in [4.78, 5) is 14.5. The van der Waals surface area contributed by atoms with E-state index >= 15 is 0 Å². The van der Waals surface area contributed by atoms with Gasteiger partial charge in [-0.2, -0.15) is 13.2 Å². The topological polar surface area (TPSA) is 97.0 Å². The lowest BCUT2D eigenvalue weighted by atomic mass is 10.0. The van der Waals surface area contributed by atoms with Crippen LogP contribution < -0.4 is 14.8 Å². The largest absolute Gasteiger partial charge is 0.491 e. The van der Waals surface area contributed by atoms with Crippen molar-refractivity contribution >= 4 is 21.6 Å². The molecule has 1 heterocycles. The lowest BCUT2D eigenvalue weighted by Crippen LogP contribution is -2.44. The summed E-state index contributed by atoms with van der Waals surface area (Å²) in [5.74, 6) is -2.21. The number of anilines is 1.